The summed E-state index contributed by atoms with van der Waals surface area (Å²) in [6.07, 6.45) is 4.82. The van der Waals surface area contributed by atoms with Crippen LogP contribution >= 0.6 is 0 Å². The van der Waals surface area contributed by atoms with Crippen molar-refractivity contribution in [3.05, 3.63) is 0 Å². The van der Waals surface area contributed by atoms with E-state index in [2.05, 4.69) is 31.4 Å². The van der Waals surface area contributed by atoms with E-state index < -0.39 is 0 Å². The predicted molar refractivity (Wildman–Crippen MR) is 67.3 cm³/mol. The minimum atomic E-state index is -0.0835. The highest BCUT2D eigenvalue weighted by Gasteiger charge is 2.21. The van der Waals surface area contributed by atoms with Crippen LogP contribution in [0.15, 0.2) is 0 Å². The molecule has 94 valence electrons. The molecule has 0 aromatic rings. The van der Waals surface area contributed by atoms with Gasteiger partial charge in [0.1, 0.15) is 0 Å². The molecular formula is C13H26N2O. The number of carbonyl (C=O) groups excluding carboxylic acids is 1. The predicted octanol–water partition coefficient (Wildman–Crippen LogP) is 2.07. The lowest BCUT2D eigenvalue weighted by atomic mass is 9.96. The van der Waals surface area contributed by atoms with E-state index in [1.165, 1.54) is 12.8 Å². The smallest absolute Gasteiger partial charge is 0.237 e. The quantitative estimate of drug-likeness (QED) is 0.770. The van der Waals surface area contributed by atoms with Crippen molar-refractivity contribution < 1.29 is 4.79 Å². The molecule has 0 bridgehead atoms. The van der Waals surface area contributed by atoms with Crippen molar-refractivity contribution in [2.45, 2.75) is 65.5 Å². The summed E-state index contributed by atoms with van der Waals surface area (Å²) in [6.45, 7) is 9.31. The summed E-state index contributed by atoms with van der Waals surface area (Å²) in [5.41, 5.74) is 0.224. The van der Waals surface area contributed by atoms with Crippen molar-refractivity contribution >= 4 is 5.91 Å². The van der Waals surface area contributed by atoms with Crippen molar-refractivity contribution in [2.24, 2.45) is 5.41 Å². The molecule has 0 saturated heterocycles. The fourth-order valence-corrected chi connectivity index (χ4v) is 1.95. The average Bonchev–Trinajstić information content (AvgIpc) is 2.65. The van der Waals surface area contributed by atoms with Gasteiger partial charge in [-0.1, -0.05) is 33.6 Å². The van der Waals surface area contributed by atoms with Gasteiger partial charge in [-0.2, -0.15) is 0 Å². The van der Waals surface area contributed by atoms with Crippen molar-refractivity contribution in [3.63, 3.8) is 0 Å². The SMILES string of the molecule is CC(NCC(C)(C)C)C(=O)NC1CCCC1. The van der Waals surface area contributed by atoms with Crippen LogP contribution in [0.25, 0.3) is 0 Å². The minimum Gasteiger partial charge on any atom is -0.352 e. The lowest BCUT2D eigenvalue weighted by Crippen LogP contribution is -2.47. The maximum absolute atomic E-state index is 11.8. The second kappa shape index (κ2) is 5.67. The van der Waals surface area contributed by atoms with E-state index in [9.17, 15) is 4.79 Å². The zero-order valence-electron chi connectivity index (χ0n) is 11.1. The van der Waals surface area contributed by atoms with Gasteiger partial charge in [0.15, 0.2) is 0 Å². The normalized spacial score (nSPS) is 19.8. The third-order valence-corrected chi connectivity index (χ3v) is 3.03. The Bertz CT molecular complexity index is 227. The van der Waals surface area contributed by atoms with Gasteiger partial charge in [0.05, 0.1) is 6.04 Å². The van der Waals surface area contributed by atoms with E-state index in [0.29, 0.717) is 6.04 Å². The number of carbonyl (C=O) groups is 1. The van der Waals surface area contributed by atoms with Gasteiger partial charge in [-0.05, 0) is 25.2 Å². The summed E-state index contributed by atoms with van der Waals surface area (Å²) in [7, 11) is 0. The van der Waals surface area contributed by atoms with Crippen LogP contribution in [0.4, 0.5) is 0 Å². The standard InChI is InChI=1S/C13H26N2O/c1-10(14-9-13(2,3)4)12(16)15-11-7-5-6-8-11/h10-11,14H,5-9H2,1-4H3,(H,15,16). The van der Waals surface area contributed by atoms with Gasteiger partial charge in [-0.25, -0.2) is 0 Å². The van der Waals surface area contributed by atoms with Crippen molar-refractivity contribution in [1.29, 1.82) is 0 Å². The first-order valence-corrected chi connectivity index (χ1v) is 6.42. The molecule has 3 nitrogen and oxygen atoms in total. The fraction of sp³-hybridized carbons (Fsp3) is 0.923. The largest absolute Gasteiger partial charge is 0.352 e. The molecule has 1 aliphatic carbocycles. The van der Waals surface area contributed by atoms with E-state index >= 15 is 0 Å². The average molecular weight is 226 g/mol. The van der Waals surface area contributed by atoms with Crippen LogP contribution in [-0.4, -0.2) is 24.5 Å². The molecule has 2 N–H and O–H groups in total. The van der Waals surface area contributed by atoms with Crippen LogP contribution in [-0.2, 0) is 4.79 Å². The lowest BCUT2D eigenvalue weighted by molar-refractivity contribution is -0.123. The Kier molecular flexibility index (Phi) is 4.78. The third kappa shape index (κ3) is 4.97. The maximum atomic E-state index is 11.8. The second-order valence-electron chi connectivity index (χ2n) is 6.15. The van der Waals surface area contributed by atoms with E-state index in [1.54, 1.807) is 0 Å². The summed E-state index contributed by atoms with van der Waals surface area (Å²) in [5, 5.41) is 6.40. The fourth-order valence-electron chi connectivity index (χ4n) is 1.95. The molecule has 0 spiro atoms. The highest BCUT2D eigenvalue weighted by atomic mass is 16.2. The Labute approximate surface area is 99.4 Å². The van der Waals surface area contributed by atoms with Crippen molar-refractivity contribution in [3.8, 4) is 0 Å². The summed E-state index contributed by atoms with van der Waals surface area (Å²) in [4.78, 5) is 11.8. The zero-order valence-corrected chi connectivity index (χ0v) is 11.1. The third-order valence-electron chi connectivity index (χ3n) is 3.03. The molecule has 0 radical (unpaired) electrons. The molecule has 0 aromatic carbocycles. The second-order valence-corrected chi connectivity index (χ2v) is 6.15. The molecule has 16 heavy (non-hydrogen) atoms. The summed E-state index contributed by atoms with van der Waals surface area (Å²) >= 11 is 0. The molecule has 0 aromatic heterocycles. The van der Waals surface area contributed by atoms with Crippen LogP contribution < -0.4 is 10.6 Å². The van der Waals surface area contributed by atoms with Crippen LogP contribution in [0.1, 0.15) is 53.4 Å². The first-order chi connectivity index (χ1) is 7.38. The first kappa shape index (κ1) is 13.5. The molecule has 1 aliphatic rings. The van der Waals surface area contributed by atoms with Gasteiger partial charge in [-0.3, -0.25) is 4.79 Å². The molecule has 0 heterocycles. The Morgan fingerprint density at radius 3 is 2.38 bits per heavy atom. The number of amides is 1. The zero-order chi connectivity index (χ0) is 12.2. The first-order valence-electron chi connectivity index (χ1n) is 6.42. The Morgan fingerprint density at radius 1 is 1.31 bits per heavy atom. The van der Waals surface area contributed by atoms with Crippen LogP contribution in [0.5, 0.6) is 0 Å². The topological polar surface area (TPSA) is 41.1 Å². The van der Waals surface area contributed by atoms with Crippen LogP contribution in [0.3, 0.4) is 0 Å². The van der Waals surface area contributed by atoms with Crippen molar-refractivity contribution in [2.75, 3.05) is 6.54 Å². The summed E-state index contributed by atoms with van der Waals surface area (Å²) in [6, 6.07) is 0.339. The molecule has 1 amide bonds. The van der Waals surface area contributed by atoms with Crippen molar-refractivity contribution in [1.82, 2.24) is 10.6 Å². The van der Waals surface area contributed by atoms with Gasteiger partial charge in [0, 0.05) is 12.6 Å². The van der Waals surface area contributed by atoms with E-state index in [-0.39, 0.29) is 17.4 Å². The Balaban J connectivity index is 2.24. The number of rotatable bonds is 4. The van der Waals surface area contributed by atoms with Gasteiger partial charge < -0.3 is 10.6 Å². The lowest BCUT2D eigenvalue weighted by Gasteiger charge is -2.23. The highest BCUT2D eigenvalue weighted by Crippen LogP contribution is 2.17. The molecule has 1 rings (SSSR count). The molecule has 1 fully saturated rings. The molecule has 0 aliphatic heterocycles. The molecule has 1 unspecified atom stereocenters. The number of nitrogens with one attached hydrogen (secondary N) is 2. The van der Waals surface area contributed by atoms with E-state index in [0.717, 1.165) is 19.4 Å². The van der Waals surface area contributed by atoms with Gasteiger partial charge >= 0.3 is 0 Å². The summed E-state index contributed by atoms with van der Waals surface area (Å²) in [5.74, 6) is 0.149. The Morgan fingerprint density at radius 2 is 1.88 bits per heavy atom. The Hall–Kier alpha value is -0.570. The van der Waals surface area contributed by atoms with Gasteiger partial charge in [-0.15, -0.1) is 0 Å². The maximum Gasteiger partial charge on any atom is 0.237 e. The van der Waals surface area contributed by atoms with Gasteiger partial charge in [0.2, 0.25) is 5.91 Å². The number of hydrogen-bond acceptors (Lipinski definition) is 2. The highest BCUT2D eigenvalue weighted by molar-refractivity contribution is 5.81. The molecular weight excluding hydrogens is 200 g/mol. The van der Waals surface area contributed by atoms with E-state index in [1.807, 2.05) is 6.92 Å². The number of hydrogen-bond donors (Lipinski definition) is 2. The minimum absolute atomic E-state index is 0.0835. The van der Waals surface area contributed by atoms with E-state index in [4.69, 9.17) is 0 Å². The molecule has 3 heteroatoms. The molecule has 1 atom stereocenters. The van der Waals surface area contributed by atoms with Crippen LogP contribution in [0.2, 0.25) is 0 Å². The van der Waals surface area contributed by atoms with Gasteiger partial charge in [0.25, 0.3) is 0 Å². The monoisotopic (exact) mass is 226 g/mol. The summed E-state index contributed by atoms with van der Waals surface area (Å²) < 4.78 is 0. The van der Waals surface area contributed by atoms with Crippen LogP contribution in [0, 0.1) is 5.41 Å². The molecule has 1 saturated carbocycles.